The van der Waals surface area contributed by atoms with Crippen LogP contribution in [0.5, 0.6) is 0 Å². The molecule has 0 aliphatic carbocycles. The van der Waals surface area contributed by atoms with E-state index in [0.717, 1.165) is 25.3 Å². The predicted molar refractivity (Wildman–Crippen MR) is 78.9 cm³/mol. The molecule has 2 heterocycles. The van der Waals surface area contributed by atoms with Crippen LogP contribution in [0.1, 0.15) is 36.0 Å². The lowest BCUT2D eigenvalue weighted by atomic mass is 10.1. The molecule has 19 heavy (non-hydrogen) atoms. The summed E-state index contributed by atoms with van der Waals surface area (Å²) in [5.74, 6) is 1.34. The number of carbonyl (C=O) groups excluding carboxylic acids is 1. The minimum atomic E-state index is 0.171. The van der Waals surface area contributed by atoms with Gasteiger partial charge in [0.15, 0.2) is 0 Å². The molecule has 3 nitrogen and oxygen atoms in total. The Morgan fingerprint density at radius 2 is 2.21 bits per heavy atom. The maximum atomic E-state index is 12.1. The van der Waals surface area contributed by atoms with E-state index in [0.29, 0.717) is 6.54 Å². The van der Waals surface area contributed by atoms with Crippen LogP contribution in [0.15, 0.2) is 18.2 Å². The number of rotatable bonds is 3. The zero-order chi connectivity index (χ0) is 13.1. The van der Waals surface area contributed by atoms with Crippen LogP contribution in [-0.2, 0) is 24.4 Å². The summed E-state index contributed by atoms with van der Waals surface area (Å²) in [5, 5.41) is 6.59. The van der Waals surface area contributed by atoms with Gasteiger partial charge in [-0.1, -0.05) is 24.6 Å². The van der Waals surface area contributed by atoms with Gasteiger partial charge in [0.2, 0.25) is 5.91 Å². The van der Waals surface area contributed by atoms with Crippen LogP contribution >= 0.6 is 11.8 Å². The van der Waals surface area contributed by atoms with Crippen LogP contribution in [0.3, 0.4) is 0 Å². The summed E-state index contributed by atoms with van der Waals surface area (Å²) in [7, 11) is 0. The summed E-state index contributed by atoms with van der Waals surface area (Å²) in [6.45, 7) is 2.58. The lowest BCUT2D eigenvalue weighted by molar-refractivity contribution is -0.120. The summed E-state index contributed by atoms with van der Waals surface area (Å²) < 4.78 is 0. The summed E-state index contributed by atoms with van der Waals surface area (Å²) in [6, 6.07) is 6.51. The maximum absolute atomic E-state index is 12.1. The van der Waals surface area contributed by atoms with E-state index < -0.39 is 0 Å². The zero-order valence-electron chi connectivity index (χ0n) is 11.1. The molecule has 0 saturated carbocycles. The van der Waals surface area contributed by atoms with Crippen LogP contribution in [-0.4, -0.2) is 16.9 Å². The van der Waals surface area contributed by atoms with Crippen molar-refractivity contribution < 1.29 is 4.79 Å². The summed E-state index contributed by atoms with van der Waals surface area (Å²) >= 11 is 1.80. The van der Waals surface area contributed by atoms with Gasteiger partial charge in [0.1, 0.15) is 0 Å². The first-order chi connectivity index (χ1) is 9.33. The molecule has 0 bridgehead atoms. The standard InChI is InChI=1S/C15H20N2OS/c18-15(14-3-1-2-6-19-14)17-8-11-4-5-12-9-16-10-13(12)7-11/h4-5,7,14,16H,1-3,6,8-10H2,(H,17,18). The van der Waals surface area contributed by atoms with E-state index in [9.17, 15) is 4.79 Å². The van der Waals surface area contributed by atoms with Gasteiger partial charge in [-0.15, -0.1) is 11.8 Å². The van der Waals surface area contributed by atoms with Gasteiger partial charge >= 0.3 is 0 Å². The Morgan fingerprint density at radius 3 is 3.05 bits per heavy atom. The second kappa shape index (κ2) is 5.97. The zero-order valence-corrected chi connectivity index (χ0v) is 11.9. The molecule has 1 fully saturated rings. The van der Waals surface area contributed by atoms with Crippen molar-refractivity contribution in [2.75, 3.05) is 5.75 Å². The third-order valence-electron chi connectivity index (χ3n) is 3.84. The van der Waals surface area contributed by atoms with Crippen molar-refractivity contribution in [3.63, 3.8) is 0 Å². The lowest BCUT2D eigenvalue weighted by Gasteiger charge is -2.20. The van der Waals surface area contributed by atoms with Gasteiger partial charge in [0.25, 0.3) is 0 Å². The van der Waals surface area contributed by atoms with Gasteiger partial charge in [-0.25, -0.2) is 0 Å². The number of thioether (sulfide) groups is 1. The van der Waals surface area contributed by atoms with E-state index in [4.69, 9.17) is 0 Å². The molecule has 1 amide bonds. The van der Waals surface area contributed by atoms with E-state index in [1.54, 1.807) is 11.8 Å². The van der Waals surface area contributed by atoms with Crippen LogP contribution in [0, 0.1) is 0 Å². The van der Waals surface area contributed by atoms with Crippen molar-refractivity contribution in [2.45, 2.75) is 44.1 Å². The molecule has 1 aromatic carbocycles. The van der Waals surface area contributed by atoms with Crippen LogP contribution in [0.25, 0.3) is 0 Å². The third-order valence-corrected chi connectivity index (χ3v) is 5.22. The molecule has 1 unspecified atom stereocenters. The number of hydrogen-bond acceptors (Lipinski definition) is 3. The Hall–Kier alpha value is -1.00. The van der Waals surface area contributed by atoms with Gasteiger partial charge in [-0.2, -0.15) is 0 Å². The summed E-state index contributed by atoms with van der Waals surface area (Å²) in [5.41, 5.74) is 3.97. The van der Waals surface area contributed by atoms with E-state index in [1.807, 2.05) is 0 Å². The molecule has 1 saturated heterocycles. The first-order valence-electron chi connectivity index (χ1n) is 7.03. The Labute approximate surface area is 118 Å². The highest BCUT2D eigenvalue weighted by Crippen LogP contribution is 2.25. The number of nitrogens with one attached hydrogen (secondary N) is 2. The first-order valence-corrected chi connectivity index (χ1v) is 8.08. The molecular formula is C15H20N2OS. The molecular weight excluding hydrogens is 256 g/mol. The van der Waals surface area contributed by atoms with Gasteiger partial charge in [0, 0.05) is 19.6 Å². The maximum Gasteiger partial charge on any atom is 0.233 e. The van der Waals surface area contributed by atoms with Gasteiger partial charge < -0.3 is 10.6 Å². The molecule has 2 aliphatic heterocycles. The fourth-order valence-electron chi connectivity index (χ4n) is 2.71. The fraction of sp³-hybridized carbons (Fsp3) is 0.533. The highest BCUT2D eigenvalue weighted by molar-refractivity contribution is 8.00. The number of hydrogen-bond donors (Lipinski definition) is 2. The molecule has 2 aliphatic rings. The fourth-order valence-corrected chi connectivity index (χ4v) is 3.93. The van der Waals surface area contributed by atoms with Crippen molar-refractivity contribution in [3.05, 3.63) is 34.9 Å². The Bertz CT molecular complexity index is 469. The molecule has 1 atom stereocenters. The summed E-state index contributed by atoms with van der Waals surface area (Å²) in [4.78, 5) is 12.1. The Morgan fingerprint density at radius 1 is 1.32 bits per heavy atom. The molecule has 0 spiro atoms. The number of benzene rings is 1. The lowest BCUT2D eigenvalue weighted by Crippen LogP contribution is -2.33. The molecule has 1 aromatic rings. The normalized spacial score (nSPS) is 22.0. The van der Waals surface area contributed by atoms with Gasteiger partial charge in [-0.3, -0.25) is 4.79 Å². The van der Waals surface area contributed by atoms with Crippen molar-refractivity contribution in [1.82, 2.24) is 10.6 Å². The average molecular weight is 276 g/mol. The van der Waals surface area contributed by atoms with E-state index in [-0.39, 0.29) is 11.2 Å². The highest BCUT2D eigenvalue weighted by atomic mass is 32.2. The number of amides is 1. The minimum absolute atomic E-state index is 0.171. The molecule has 0 aromatic heterocycles. The van der Waals surface area contributed by atoms with E-state index in [1.165, 1.54) is 29.5 Å². The molecule has 0 radical (unpaired) electrons. The predicted octanol–water partition coefficient (Wildman–Crippen LogP) is 2.19. The number of carbonyl (C=O) groups is 1. The molecule has 102 valence electrons. The molecule has 3 rings (SSSR count). The third kappa shape index (κ3) is 3.12. The van der Waals surface area contributed by atoms with Gasteiger partial charge in [-0.05, 0) is 35.3 Å². The smallest absolute Gasteiger partial charge is 0.233 e. The van der Waals surface area contributed by atoms with E-state index >= 15 is 0 Å². The van der Waals surface area contributed by atoms with Crippen LogP contribution in [0.4, 0.5) is 0 Å². The topological polar surface area (TPSA) is 41.1 Å². The molecule has 4 heteroatoms. The van der Waals surface area contributed by atoms with Crippen LogP contribution < -0.4 is 10.6 Å². The minimum Gasteiger partial charge on any atom is -0.351 e. The molecule has 2 N–H and O–H groups in total. The van der Waals surface area contributed by atoms with Crippen LogP contribution in [0.2, 0.25) is 0 Å². The summed E-state index contributed by atoms with van der Waals surface area (Å²) in [6.07, 6.45) is 3.48. The Balaban J connectivity index is 1.55. The van der Waals surface area contributed by atoms with Crippen molar-refractivity contribution in [3.8, 4) is 0 Å². The quantitative estimate of drug-likeness (QED) is 0.889. The van der Waals surface area contributed by atoms with Gasteiger partial charge in [0.05, 0.1) is 5.25 Å². The number of fused-ring (bicyclic) bond motifs is 1. The van der Waals surface area contributed by atoms with Crippen molar-refractivity contribution in [2.24, 2.45) is 0 Å². The van der Waals surface area contributed by atoms with Crippen molar-refractivity contribution >= 4 is 17.7 Å². The largest absolute Gasteiger partial charge is 0.351 e. The van der Waals surface area contributed by atoms with E-state index in [2.05, 4.69) is 28.8 Å². The second-order valence-electron chi connectivity index (χ2n) is 5.28. The highest BCUT2D eigenvalue weighted by Gasteiger charge is 2.21. The first kappa shape index (κ1) is 13.0. The Kier molecular flexibility index (Phi) is 4.09. The average Bonchev–Trinajstić information content (AvgIpc) is 2.93. The van der Waals surface area contributed by atoms with Crippen molar-refractivity contribution in [1.29, 1.82) is 0 Å². The SMILES string of the molecule is O=C(NCc1ccc2c(c1)CNC2)C1CCCCS1. The second-order valence-corrected chi connectivity index (χ2v) is 6.59. The monoisotopic (exact) mass is 276 g/mol.